The third-order valence-corrected chi connectivity index (χ3v) is 7.33. The van der Waals surface area contributed by atoms with Crippen molar-refractivity contribution in [2.24, 2.45) is 0 Å². The summed E-state index contributed by atoms with van der Waals surface area (Å²) in [7, 11) is -3.11. The Bertz CT molecular complexity index is 982. The summed E-state index contributed by atoms with van der Waals surface area (Å²) in [6, 6.07) is 4.13. The van der Waals surface area contributed by atoms with Crippen molar-refractivity contribution in [2.45, 2.75) is 32.4 Å². The van der Waals surface area contributed by atoms with Crippen LogP contribution < -0.4 is 5.32 Å². The van der Waals surface area contributed by atoms with Crippen molar-refractivity contribution in [3.63, 3.8) is 0 Å². The first-order chi connectivity index (χ1) is 12.2. The molecule has 2 heterocycles. The molecule has 1 amide bonds. The van der Waals surface area contributed by atoms with E-state index >= 15 is 0 Å². The van der Waals surface area contributed by atoms with Gasteiger partial charge in [0.1, 0.15) is 10.7 Å². The van der Waals surface area contributed by atoms with Crippen molar-refractivity contribution >= 4 is 43.1 Å². The summed E-state index contributed by atoms with van der Waals surface area (Å²) in [6.45, 7) is 3.05. The quantitative estimate of drug-likeness (QED) is 0.796. The number of nitrogens with one attached hydrogen (secondary N) is 1. The van der Waals surface area contributed by atoms with E-state index in [1.165, 1.54) is 13.0 Å². The molecule has 1 aliphatic rings. The van der Waals surface area contributed by atoms with Crippen molar-refractivity contribution < 1.29 is 27.1 Å². The molecule has 1 saturated heterocycles. The summed E-state index contributed by atoms with van der Waals surface area (Å²) in [5.74, 6) is -1.73. The van der Waals surface area contributed by atoms with Gasteiger partial charge in [-0.05, 0) is 38.0 Å². The summed E-state index contributed by atoms with van der Waals surface area (Å²) in [5, 5.41) is 2.96. The summed E-state index contributed by atoms with van der Waals surface area (Å²) in [5.41, 5.74) is 0.475. The van der Waals surface area contributed by atoms with E-state index in [4.69, 9.17) is 4.74 Å². The highest BCUT2D eigenvalue weighted by Crippen LogP contribution is 2.33. The fourth-order valence-corrected chi connectivity index (χ4v) is 5.72. The van der Waals surface area contributed by atoms with Gasteiger partial charge in [-0.25, -0.2) is 17.6 Å². The third-order valence-electron chi connectivity index (χ3n) is 4.32. The van der Waals surface area contributed by atoms with Crippen molar-refractivity contribution in [2.75, 3.05) is 11.5 Å². The lowest BCUT2D eigenvalue weighted by Gasteiger charge is -2.16. The van der Waals surface area contributed by atoms with Crippen LogP contribution >= 0.6 is 11.3 Å². The molecule has 9 heteroatoms. The highest BCUT2D eigenvalue weighted by atomic mass is 32.2. The second kappa shape index (κ2) is 6.96. The molecule has 2 aromatic rings. The second-order valence-electron chi connectivity index (χ2n) is 6.33. The first-order valence-electron chi connectivity index (χ1n) is 8.07. The summed E-state index contributed by atoms with van der Waals surface area (Å²) >= 11 is 1.11. The molecule has 1 aliphatic heterocycles. The van der Waals surface area contributed by atoms with E-state index in [1.807, 2.05) is 0 Å². The highest BCUT2D eigenvalue weighted by Gasteiger charge is 2.31. The zero-order chi connectivity index (χ0) is 19.1. The van der Waals surface area contributed by atoms with E-state index in [0.29, 0.717) is 22.1 Å². The maximum Gasteiger partial charge on any atom is 0.349 e. The second-order valence-corrected chi connectivity index (χ2v) is 9.61. The van der Waals surface area contributed by atoms with Gasteiger partial charge < -0.3 is 10.1 Å². The number of hydrogen-bond acceptors (Lipinski definition) is 6. The maximum atomic E-state index is 13.9. The van der Waals surface area contributed by atoms with E-state index < -0.39 is 39.7 Å². The topological polar surface area (TPSA) is 89.5 Å². The molecular formula is C17H18FNO5S2. The standard InChI is InChI=1S/C17H18FNO5S2/c1-9-14-12(18)4-3-5-13(14)25-15(9)17(21)24-10(2)16(20)19-11-6-7-26(22,23)8-11/h3-5,10-11H,6-8H2,1-2H3,(H,19,20)/t10-,11+/m0/s1. The van der Waals surface area contributed by atoms with Gasteiger partial charge in [-0.3, -0.25) is 4.79 Å². The van der Waals surface area contributed by atoms with Gasteiger partial charge in [0, 0.05) is 16.1 Å². The molecule has 0 spiro atoms. The number of aryl methyl sites for hydroxylation is 1. The Balaban J connectivity index is 1.69. The van der Waals surface area contributed by atoms with Crippen molar-refractivity contribution in [3.05, 3.63) is 34.5 Å². The van der Waals surface area contributed by atoms with Crippen LogP contribution in [0.1, 0.15) is 28.6 Å². The zero-order valence-electron chi connectivity index (χ0n) is 14.2. The van der Waals surface area contributed by atoms with Gasteiger partial charge in [0.25, 0.3) is 5.91 Å². The minimum absolute atomic E-state index is 0.0403. The maximum absolute atomic E-state index is 13.9. The minimum Gasteiger partial charge on any atom is -0.448 e. The first kappa shape index (κ1) is 18.8. The lowest BCUT2D eigenvalue weighted by molar-refractivity contribution is -0.129. The lowest BCUT2D eigenvalue weighted by Crippen LogP contribution is -2.42. The van der Waals surface area contributed by atoms with Crippen LogP contribution in [0.3, 0.4) is 0 Å². The molecule has 6 nitrogen and oxygen atoms in total. The number of carbonyl (C=O) groups excluding carboxylic acids is 2. The van der Waals surface area contributed by atoms with E-state index in [-0.39, 0.29) is 16.4 Å². The van der Waals surface area contributed by atoms with E-state index in [2.05, 4.69) is 5.32 Å². The van der Waals surface area contributed by atoms with Crippen LogP contribution in [-0.2, 0) is 19.4 Å². The molecule has 2 atom stereocenters. The van der Waals surface area contributed by atoms with E-state index in [1.54, 1.807) is 19.1 Å². The third kappa shape index (κ3) is 3.73. The molecule has 0 aliphatic carbocycles. The number of thiophene rings is 1. The Morgan fingerprint density at radius 3 is 2.73 bits per heavy atom. The number of halogens is 1. The van der Waals surface area contributed by atoms with Crippen LogP contribution in [0.2, 0.25) is 0 Å². The fourth-order valence-electron chi connectivity index (χ4n) is 2.94. The summed E-state index contributed by atoms with van der Waals surface area (Å²) < 4.78 is 42.7. The van der Waals surface area contributed by atoms with Gasteiger partial charge in [-0.2, -0.15) is 0 Å². The molecule has 0 saturated carbocycles. The predicted octanol–water partition coefficient (Wildman–Crippen LogP) is 2.20. The molecule has 1 aromatic carbocycles. The number of sulfone groups is 1. The smallest absolute Gasteiger partial charge is 0.349 e. The van der Waals surface area contributed by atoms with Gasteiger partial charge in [-0.15, -0.1) is 11.3 Å². The number of rotatable bonds is 4. The number of fused-ring (bicyclic) bond motifs is 1. The van der Waals surface area contributed by atoms with E-state index in [0.717, 1.165) is 11.3 Å². The summed E-state index contributed by atoms with van der Waals surface area (Å²) in [4.78, 5) is 24.8. The van der Waals surface area contributed by atoms with Gasteiger partial charge in [0.2, 0.25) is 0 Å². The van der Waals surface area contributed by atoms with Crippen LogP contribution in [0, 0.1) is 12.7 Å². The van der Waals surface area contributed by atoms with Crippen LogP contribution in [0.15, 0.2) is 18.2 Å². The van der Waals surface area contributed by atoms with Gasteiger partial charge in [0.05, 0.1) is 11.5 Å². The van der Waals surface area contributed by atoms with Gasteiger partial charge >= 0.3 is 5.97 Å². The average molecular weight is 399 g/mol. The number of hydrogen-bond donors (Lipinski definition) is 1. The summed E-state index contributed by atoms with van der Waals surface area (Å²) in [6.07, 6.45) is -0.732. The highest BCUT2D eigenvalue weighted by molar-refractivity contribution is 7.91. The molecule has 1 fully saturated rings. The Morgan fingerprint density at radius 2 is 2.12 bits per heavy atom. The molecule has 1 N–H and O–H groups in total. The van der Waals surface area contributed by atoms with Gasteiger partial charge in [0.15, 0.2) is 15.9 Å². The van der Waals surface area contributed by atoms with Crippen molar-refractivity contribution in [1.82, 2.24) is 5.32 Å². The molecular weight excluding hydrogens is 381 g/mol. The Kier molecular flexibility index (Phi) is 5.03. The van der Waals surface area contributed by atoms with Gasteiger partial charge in [-0.1, -0.05) is 6.07 Å². The Hall–Kier alpha value is -2.00. The van der Waals surface area contributed by atoms with Crippen LogP contribution in [0.25, 0.3) is 10.1 Å². The molecule has 140 valence electrons. The van der Waals surface area contributed by atoms with Crippen LogP contribution in [0.4, 0.5) is 4.39 Å². The number of benzene rings is 1. The van der Waals surface area contributed by atoms with E-state index in [9.17, 15) is 22.4 Å². The minimum atomic E-state index is -3.11. The fraction of sp³-hybridized carbons (Fsp3) is 0.412. The number of ether oxygens (including phenoxy) is 1. The SMILES string of the molecule is Cc1c(C(=O)O[C@@H](C)C(=O)N[C@@H]2CCS(=O)(=O)C2)sc2cccc(F)c12. The van der Waals surface area contributed by atoms with Crippen LogP contribution in [0.5, 0.6) is 0 Å². The molecule has 0 unspecified atom stereocenters. The first-order valence-corrected chi connectivity index (χ1v) is 10.7. The van der Waals surface area contributed by atoms with Crippen molar-refractivity contribution in [1.29, 1.82) is 0 Å². The average Bonchev–Trinajstić information content (AvgIpc) is 3.07. The molecule has 0 radical (unpaired) electrons. The Morgan fingerprint density at radius 1 is 1.38 bits per heavy atom. The van der Waals surface area contributed by atoms with Crippen molar-refractivity contribution in [3.8, 4) is 0 Å². The number of esters is 1. The van der Waals surface area contributed by atoms with Crippen LogP contribution in [-0.4, -0.2) is 43.9 Å². The molecule has 26 heavy (non-hydrogen) atoms. The zero-order valence-corrected chi connectivity index (χ0v) is 15.9. The normalized spacial score (nSPS) is 20.0. The number of amides is 1. The molecule has 0 bridgehead atoms. The lowest BCUT2D eigenvalue weighted by atomic mass is 10.1. The largest absolute Gasteiger partial charge is 0.448 e. The Labute approximate surface area is 154 Å². The molecule has 3 rings (SSSR count). The molecule has 1 aromatic heterocycles. The predicted molar refractivity (Wildman–Crippen MR) is 96.6 cm³/mol. The monoisotopic (exact) mass is 399 g/mol. The number of carbonyl (C=O) groups is 2.